The van der Waals surface area contributed by atoms with Crippen LogP contribution in [0.2, 0.25) is 0 Å². The van der Waals surface area contributed by atoms with Crippen molar-refractivity contribution in [1.82, 2.24) is 10.0 Å². The first-order valence-electron chi connectivity index (χ1n) is 8.23. The predicted molar refractivity (Wildman–Crippen MR) is 99.2 cm³/mol. The Balaban J connectivity index is 1.64. The highest BCUT2D eigenvalue weighted by atomic mass is 32.2. The van der Waals surface area contributed by atoms with Gasteiger partial charge in [0, 0.05) is 17.7 Å². The van der Waals surface area contributed by atoms with E-state index < -0.39 is 15.9 Å². The molecule has 0 unspecified atom stereocenters. The number of aryl methyl sites for hydroxylation is 1. The largest absolute Gasteiger partial charge is 0.351 e. The summed E-state index contributed by atoms with van der Waals surface area (Å²) >= 11 is 1.04. The van der Waals surface area contributed by atoms with Crippen molar-refractivity contribution in [2.45, 2.75) is 36.9 Å². The molecule has 1 aliphatic rings. The lowest BCUT2D eigenvalue weighted by Gasteiger charge is -2.06. The Morgan fingerprint density at radius 1 is 1.19 bits per heavy atom. The third-order valence-corrected chi connectivity index (χ3v) is 7.29. The van der Waals surface area contributed by atoms with Gasteiger partial charge in [0.05, 0.1) is 6.54 Å². The van der Waals surface area contributed by atoms with Crippen LogP contribution in [0.25, 0.3) is 0 Å². The smallest absolute Gasteiger partial charge is 0.273 e. The normalized spacial score (nSPS) is 19.0. The number of hydrogen-bond acceptors (Lipinski definition) is 5. The van der Waals surface area contributed by atoms with Crippen LogP contribution in [-0.4, -0.2) is 20.2 Å². The maximum absolute atomic E-state index is 12.4. The van der Waals surface area contributed by atoms with Gasteiger partial charge < -0.3 is 5.32 Å². The maximum Gasteiger partial charge on any atom is 0.273 e. The lowest BCUT2D eigenvalue weighted by molar-refractivity contribution is -0.121. The molecule has 0 aliphatic heterocycles. The highest BCUT2D eigenvalue weighted by molar-refractivity contribution is 7.92. The van der Waals surface area contributed by atoms with E-state index >= 15 is 0 Å². The molecule has 26 heavy (non-hydrogen) atoms. The van der Waals surface area contributed by atoms with Gasteiger partial charge in [-0.15, -0.1) is 11.3 Å². The molecule has 138 valence electrons. The van der Waals surface area contributed by atoms with E-state index in [-0.39, 0.29) is 28.5 Å². The first-order valence-corrected chi connectivity index (χ1v) is 10.5. The summed E-state index contributed by atoms with van der Waals surface area (Å²) in [5.74, 6) is -0.892. The number of benzene rings is 1. The van der Waals surface area contributed by atoms with Gasteiger partial charge in [-0.1, -0.05) is 24.3 Å². The standard InChI is InChI=1S/C18H20N2O4S2/c1-11-5-3-4-6-14(11)15-9-16(15)18(22)20-26(23,24)17-8-7-13(25-17)10-19-12(2)21/h3-8,15-16H,9-10H2,1-2H3,(H,19,21)(H,20,22)/t15-,16+/m0/s1. The van der Waals surface area contributed by atoms with Gasteiger partial charge >= 0.3 is 0 Å². The third kappa shape index (κ3) is 4.13. The van der Waals surface area contributed by atoms with E-state index in [1.165, 1.54) is 13.0 Å². The SMILES string of the molecule is CC(=O)NCc1ccc(S(=O)(=O)NC(=O)[C@@H]2C[C@H]2c2ccccc2C)s1. The Labute approximate surface area is 156 Å². The number of hydrogen-bond donors (Lipinski definition) is 2. The maximum atomic E-state index is 12.4. The summed E-state index contributed by atoms with van der Waals surface area (Å²) in [7, 11) is -3.89. The second-order valence-electron chi connectivity index (χ2n) is 6.41. The van der Waals surface area contributed by atoms with Gasteiger partial charge in [0.2, 0.25) is 11.8 Å². The highest BCUT2D eigenvalue weighted by Gasteiger charge is 2.45. The van der Waals surface area contributed by atoms with Gasteiger partial charge in [-0.05, 0) is 42.5 Å². The van der Waals surface area contributed by atoms with Gasteiger partial charge in [0.1, 0.15) is 4.21 Å². The van der Waals surface area contributed by atoms with Crippen molar-refractivity contribution in [2.75, 3.05) is 0 Å². The molecule has 2 atom stereocenters. The van der Waals surface area contributed by atoms with Gasteiger partial charge in [0.25, 0.3) is 10.0 Å². The van der Waals surface area contributed by atoms with E-state index in [1.54, 1.807) is 6.07 Å². The molecule has 1 heterocycles. The van der Waals surface area contributed by atoms with E-state index in [2.05, 4.69) is 10.0 Å². The molecule has 0 spiro atoms. The van der Waals surface area contributed by atoms with Crippen LogP contribution in [0.1, 0.15) is 35.3 Å². The van der Waals surface area contributed by atoms with Crippen molar-refractivity contribution in [3.8, 4) is 0 Å². The predicted octanol–water partition coefficient (Wildman–Crippen LogP) is 2.30. The Bertz CT molecular complexity index is 950. The summed E-state index contributed by atoms with van der Waals surface area (Å²) in [5, 5.41) is 2.61. The van der Waals surface area contributed by atoms with E-state index in [0.29, 0.717) is 11.3 Å². The molecule has 0 bridgehead atoms. The Hall–Kier alpha value is -2.19. The van der Waals surface area contributed by atoms with Crippen LogP contribution in [0, 0.1) is 12.8 Å². The minimum absolute atomic E-state index is 0.0688. The molecule has 1 saturated carbocycles. The number of carbonyl (C=O) groups excluding carboxylic acids is 2. The van der Waals surface area contributed by atoms with Crippen molar-refractivity contribution >= 4 is 33.2 Å². The van der Waals surface area contributed by atoms with Crippen molar-refractivity contribution in [2.24, 2.45) is 5.92 Å². The lowest BCUT2D eigenvalue weighted by Crippen LogP contribution is -2.31. The van der Waals surface area contributed by atoms with E-state index in [0.717, 1.165) is 22.5 Å². The minimum Gasteiger partial charge on any atom is -0.351 e. The van der Waals surface area contributed by atoms with Crippen molar-refractivity contribution < 1.29 is 18.0 Å². The minimum atomic E-state index is -3.89. The van der Waals surface area contributed by atoms with Crippen LogP contribution in [0.15, 0.2) is 40.6 Å². The van der Waals surface area contributed by atoms with E-state index in [4.69, 9.17) is 0 Å². The average Bonchev–Trinajstić information content (AvgIpc) is 3.21. The number of thiophene rings is 1. The van der Waals surface area contributed by atoms with Gasteiger partial charge in [-0.2, -0.15) is 0 Å². The van der Waals surface area contributed by atoms with Gasteiger partial charge in [-0.3, -0.25) is 9.59 Å². The van der Waals surface area contributed by atoms with Crippen LogP contribution in [0.5, 0.6) is 0 Å². The molecular formula is C18H20N2O4S2. The number of sulfonamides is 1. The highest BCUT2D eigenvalue weighted by Crippen LogP contribution is 2.48. The zero-order valence-electron chi connectivity index (χ0n) is 14.5. The Morgan fingerprint density at radius 3 is 2.62 bits per heavy atom. The summed E-state index contributed by atoms with van der Waals surface area (Å²) in [5.41, 5.74) is 2.20. The molecule has 2 amide bonds. The van der Waals surface area contributed by atoms with Crippen LogP contribution in [-0.2, 0) is 26.2 Å². The molecule has 0 saturated heterocycles. The quantitative estimate of drug-likeness (QED) is 0.789. The summed E-state index contributed by atoms with van der Waals surface area (Å²) in [6, 6.07) is 10.9. The molecule has 1 fully saturated rings. The molecule has 3 rings (SSSR count). The molecule has 1 aromatic heterocycles. The first kappa shape index (κ1) is 18.6. The Kier molecular flexibility index (Phi) is 5.15. The van der Waals surface area contributed by atoms with E-state index in [9.17, 15) is 18.0 Å². The molecule has 0 radical (unpaired) electrons. The molecule has 1 aromatic carbocycles. The lowest BCUT2D eigenvalue weighted by atomic mass is 10.0. The van der Waals surface area contributed by atoms with Crippen LogP contribution in [0.4, 0.5) is 0 Å². The second-order valence-corrected chi connectivity index (χ2v) is 9.48. The van der Waals surface area contributed by atoms with Crippen LogP contribution >= 0.6 is 11.3 Å². The monoisotopic (exact) mass is 392 g/mol. The van der Waals surface area contributed by atoms with Gasteiger partial charge in [-0.25, -0.2) is 13.1 Å². The fraction of sp³-hybridized carbons (Fsp3) is 0.333. The summed E-state index contributed by atoms with van der Waals surface area (Å²) in [6.07, 6.45) is 0.657. The topological polar surface area (TPSA) is 92.3 Å². The second kappa shape index (κ2) is 7.20. The fourth-order valence-electron chi connectivity index (χ4n) is 2.90. The van der Waals surface area contributed by atoms with Crippen molar-refractivity contribution in [1.29, 1.82) is 0 Å². The number of carbonyl (C=O) groups is 2. The molecule has 2 aromatic rings. The first-order chi connectivity index (χ1) is 12.3. The molecule has 1 aliphatic carbocycles. The summed E-state index contributed by atoms with van der Waals surface area (Å²) in [6.45, 7) is 3.65. The molecule has 2 N–H and O–H groups in total. The fourth-order valence-corrected chi connectivity index (χ4v) is 5.22. The molecule has 6 nitrogen and oxygen atoms in total. The van der Waals surface area contributed by atoms with Crippen LogP contribution < -0.4 is 10.0 Å². The summed E-state index contributed by atoms with van der Waals surface area (Å²) < 4.78 is 27.1. The third-order valence-electron chi connectivity index (χ3n) is 4.36. The zero-order valence-corrected chi connectivity index (χ0v) is 16.1. The molecule has 8 heteroatoms. The van der Waals surface area contributed by atoms with Crippen LogP contribution in [0.3, 0.4) is 0 Å². The number of rotatable bonds is 6. The van der Waals surface area contributed by atoms with Crippen molar-refractivity contribution in [3.63, 3.8) is 0 Å². The van der Waals surface area contributed by atoms with Crippen molar-refractivity contribution in [3.05, 3.63) is 52.4 Å². The molecular weight excluding hydrogens is 372 g/mol. The van der Waals surface area contributed by atoms with E-state index in [1.807, 2.05) is 31.2 Å². The average molecular weight is 393 g/mol. The van der Waals surface area contributed by atoms with Gasteiger partial charge in [0.15, 0.2) is 0 Å². The summed E-state index contributed by atoms with van der Waals surface area (Å²) in [4.78, 5) is 24.0. The number of nitrogens with one attached hydrogen (secondary N) is 2. The number of amides is 2. The zero-order chi connectivity index (χ0) is 18.9. The Morgan fingerprint density at radius 2 is 1.92 bits per heavy atom.